The minimum Gasteiger partial charge on any atom is -0.486 e. The van der Waals surface area contributed by atoms with Gasteiger partial charge in [0.05, 0.1) is 21.2 Å². The van der Waals surface area contributed by atoms with Crippen LogP contribution < -0.4 is 4.74 Å². The number of ether oxygens (including phenoxy) is 1. The lowest BCUT2D eigenvalue weighted by molar-refractivity contribution is -0.384. The highest BCUT2D eigenvalue weighted by Crippen LogP contribution is 2.29. The average molecular weight is 315 g/mol. The summed E-state index contributed by atoms with van der Waals surface area (Å²) in [4.78, 5) is 14.7. The van der Waals surface area contributed by atoms with E-state index in [2.05, 4.69) is 4.98 Å². The molecule has 0 unspecified atom stereocenters. The van der Waals surface area contributed by atoms with Crippen LogP contribution in [0, 0.1) is 10.1 Å². The molecule has 1 aromatic heterocycles. The predicted molar refractivity (Wildman–Crippen MR) is 84.2 cm³/mol. The number of non-ortho nitro benzene ring substituents is 1. The molecule has 0 amide bonds. The number of hydrogen-bond acceptors (Lipinski definition) is 4. The molecule has 0 saturated carbocycles. The molecule has 22 heavy (non-hydrogen) atoms. The maximum atomic E-state index is 10.7. The molecule has 0 bridgehead atoms. The number of halogens is 1. The van der Waals surface area contributed by atoms with Gasteiger partial charge in [0.15, 0.2) is 0 Å². The van der Waals surface area contributed by atoms with Gasteiger partial charge in [0.25, 0.3) is 5.69 Å². The van der Waals surface area contributed by atoms with E-state index in [1.807, 2.05) is 36.4 Å². The summed E-state index contributed by atoms with van der Waals surface area (Å²) < 4.78 is 5.59. The van der Waals surface area contributed by atoms with E-state index in [0.29, 0.717) is 5.75 Å². The minimum absolute atomic E-state index is 0.0684. The van der Waals surface area contributed by atoms with Crippen molar-refractivity contribution in [2.45, 2.75) is 6.61 Å². The average Bonchev–Trinajstić information content (AvgIpc) is 2.53. The van der Waals surface area contributed by atoms with Gasteiger partial charge in [0.1, 0.15) is 12.4 Å². The molecule has 0 aliphatic carbocycles. The van der Waals surface area contributed by atoms with Crippen LogP contribution in [0.5, 0.6) is 5.75 Å². The first-order valence-electron chi connectivity index (χ1n) is 6.55. The van der Waals surface area contributed by atoms with Gasteiger partial charge in [-0.1, -0.05) is 35.9 Å². The third kappa shape index (κ3) is 2.99. The Hall–Kier alpha value is -2.66. The van der Waals surface area contributed by atoms with Crippen LogP contribution in [0.15, 0.2) is 54.6 Å². The van der Waals surface area contributed by atoms with Crippen molar-refractivity contribution >= 4 is 28.2 Å². The number of benzene rings is 2. The Labute approximate surface area is 131 Å². The van der Waals surface area contributed by atoms with Crippen LogP contribution in [0.3, 0.4) is 0 Å². The Morgan fingerprint density at radius 1 is 1.14 bits per heavy atom. The molecule has 0 fully saturated rings. The second-order valence-corrected chi connectivity index (χ2v) is 5.06. The van der Waals surface area contributed by atoms with E-state index < -0.39 is 4.92 Å². The monoisotopic (exact) mass is 314 g/mol. The maximum Gasteiger partial charge on any atom is 0.271 e. The van der Waals surface area contributed by atoms with Gasteiger partial charge in [-0.05, 0) is 18.2 Å². The van der Waals surface area contributed by atoms with Crippen LogP contribution in [0.4, 0.5) is 5.69 Å². The van der Waals surface area contributed by atoms with Crippen molar-refractivity contribution in [2.75, 3.05) is 0 Å². The van der Waals surface area contributed by atoms with E-state index in [9.17, 15) is 10.1 Å². The van der Waals surface area contributed by atoms with Crippen molar-refractivity contribution in [2.24, 2.45) is 0 Å². The van der Waals surface area contributed by atoms with Gasteiger partial charge in [0.2, 0.25) is 0 Å². The Kier molecular flexibility index (Phi) is 3.89. The van der Waals surface area contributed by atoms with E-state index in [-0.39, 0.29) is 17.3 Å². The fourth-order valence-corrected chi connectivity index (χ4v) is 2.29. The Balaban J connectivity index is 1.77. The summed E-state index contributed by atoms with van der Waals surface area (Å²) in [5, 5.41) is 11.9. The smallest absolute Gasteiger partial charge is 0.271 e. The second-order valence-electron chi connectivity index (χ2n) is 4.66. The highest BCUT2D eigenvalue weighted by atomic mass is 35.5. The van der Waals surface area contributed by atoms with E-state index in [1.165, 1.54) is 18.2 Å². The lowest BCUT2D eigenvalue weighted by atomic mass is 10.2. The molecule has 0 radical (unpaired) electrons. The molecule has 0 aliphatic heterocycles. The van der Waals surface area contributed by atoms with Gasteiger partial charge in [-0.2, -0.15) is 0 Å². The second kappa shape index (κ2) is 5.99. The zero-order chi connectivity index (χ0) is 15.5. The number of hydrogen-bond donors (Lipinski definition) is 0. The molecule has 3 aromatic rings. The molecule has 110 valence electrons. The summed E-state index contributed by atoms with van der Waals surface area (Å²) >= 11 is 5.98. The van der Waals surface area contributed by atoms with E-state index >= 15 is 0 Å². The molecular weight excluding hydrogens is 304 g/mol. The Morgan fingerprint density at radius 2 is 1.95 bits per heavy atom. The number of nitro groups is 1. The van der Waals surface area contributed by atoms with Gasteiger partial charge in [-0.15, -0.1) is 0 Å². The third-order valence-corrected chi connectivity index (χ3v) is 3.45. The zero-order valence-electron chi connectivity index (χ0n) is 11.4. The summed E-state index contributed by atoms with van der Waals surface area (Å²) in [5.41, 5.74) is 1.58. The van der Waals surface area contributed by atoms with Crippen molar-refractivity contribution in [3.05, 3.63) is 75.4 Å². The molecule has 3 rings (SSSR count). The molecule has 0 spiro atoms. The molecule has 0 aliphatic rings. The zero-order valence-corrected chi connectivity index (χ0v) is 12.2. The first-order chi connectivity index (χ1) is 10.6. The first-order valence-corrected chi connectivity index (χ1v) is 6.93. The van der Waals surface area contributed by atoms with Crippen molar-refractivity contribution in [3.8, 4) is 5.75 Å². The molecule has 2 aromatic carbocycles. The topological polar surface area (TPSA) is 65.3 Å². The summed E-state index contributed by atoms with van der Waals surface area (Å²) in [5.74, 6) is 0.391. The predicted octanol–water partition coefficient (Wildman–Crippen LogP) is 4.38. The van der Waals surface area contributed by atoms with E-state index in [4.69, 9.17) is 16.3 Å². The summed E-state index contributed by atoms with van der Waals surface area (Å²) in [6, 6.07) is 15.8. The summed E-state index contributed by atoms with van der Waals surface area (Å²) in [6.07, 6.45) is 0. The van der Waals surface area contributed by atoms with Crippen LogP contribution in [0.2, 0.25) is 5.02 Å². The molecule has 6 heteroatoms. The van der Waals surface area contributed by atoms with Crippen LogP contribution in [-0.2, 0) is 6.61 Å². The van der Waals surface area contributed by atoms with Crippen LogP contribution in [0.25, 0.3) is 10.9 Å². The van der Waals surface area contributed by atoms with Gasteiger partial charge >= 0.3 is 0 Å². The van der Waals surface area contributed by atoms with Crippen LogP contribution in [-0.4, -0.2) is 9.91 Å². The molecule has 0 N–H and O–H groups in total. The maximum absolute atomic E-state index is 10.7. The van der Waals surface area contributed by atoms with Crippen molar-refractivity contribution in [1.29, 1.82) is 0 Å². The quantitative estimate of drug-likeness (QED) is 0.529. The molecule has 0 atom stereocenters. The van der Waals surface area contributed by atoms with E-state index in [0.717, 1.165) is 16.6 Å². The molecular formula is C16H11ClN2O3. The molecule has 5 nitrogen and oxygen atoms in total. The third-order valence-electron chi connectivity index (χ3n) is 3.16. The minimum atomic E-state index is -0.499. The largest absolute Gasteiger partial charge is 0.486 e. The number of fused-ring (bicyclic) bond motifs is 1. The SMILES string of the molecule is O=[N+]([O-])c1ccc(OCc2ccc3ccccc3n2)c(Cl)c1. The number of para-hydroxylation sites is 1. The Morgan fingerprint density at radius 3 is 2.73 bits per heavy atom. The Bertz CT molecular complexity index is 852. The van der Waals surface area contributed by atoms with Crippen LogP contribution in [0.1, 0.15) is 5.69 Å². The fourth-order valence-electron chi connectivity index (χ4n) is 2.06. The lowest BCUT2D eigenvalue weighted by Gasteiger charge is -2.08. The number of pyridine rings is 1. The molecule has 1 heterocycles. The number of rotatable bonds is 4. The summed E-state index contributed by atoms with van der Waals surface area (Å²) in [6.45, 7) is 0.238. The van der Waals surface area contributed by atoms with Gasteiger partial charge in [0, 0.05) is 17.5 Å². The van der Waals surface area contributed by atoms with Crippen molar-refractivity contribution < 1.29 is 9.66 Å². The van der Waals surface area contributed by atoms with E-state index in [1.54, 1.807) is 0 Å². The standard InChI is InChI=1S/C16H11ClN2O3/c17-14-9-13(19(20)21)7-8-16(14)22-10-12-6-5-11-3-1-2-4-15(11)18-12/h1-9H,10H2. The molecule has 0 saturated heterocycles. The van der Waals surface area contributed by atoms with Crippen molar-refractivity contribution in [1.82, 2.24) is 4.98 Å². The van der Waals surface area contributed by atoms with Gasteiger partial charge < -0.3 is 4.74 Å². The van der Waals surface area contributed by atoms with Crippen molar-refractivity contribution in [3.63, 3.8) is 0 Å². The number of aromatic nitrogens is 1. The number of nitro benzene ring substituents is 1. The highest BCUT2D eigenvalue weighted by molar-refractivity contribution is 6.32. The van der Waals surface area contributed by atoms with Gasteiger partial charge in [-0.25, -0.2) is 4.98 Å². The lowest BCUT2D eigenvalue weighted by Crippen LogP contribution is -1.99. The fraction of sp³-hybridized carbons (Fsp3) is 0.0625. The first kappa shape index (κ1) is 14.3. The van der Waals surface area contributed by atoms with Crippen LogP contribution >= 0.6 is 11.6 Å². The highest BCUT2D eigenvalue weighted by Gasteiger charge is 2.10. The summed E-state index contributed by atoms with van der Waals surface area (Å²) in [7, 11) is 0. The van der Waals surface area contributed by atoms with Gasteiger partial charge in [-0.3, -0.25) is 10.1 Å². The number of nitrogens with zero attached hydrogens (tertiary/aromatic N) is 2. The normalized spacial score (nSPS) is 10.6.